The van der Waals surface area contributed by atoms with Crippen molar-refractivity contribution in [2.24, 2.45) is 5.92 Å². The first-order valence-electron chi connectivity index (χ1n) is 7.95. The van der Waals surface area contributed by atoms with Crippen molar-refractivity contribution in [3.05, 3.63) is 42.4 Å². The van der Waals surface area contributed by atoms with E-state index in [4.69, 9.17) is 9.47 Å². The fourth-order valence-electron chi connectivity index (χ4n) is 2.67. The smallest absolute Gasteiger partial charge is 0.316 e. The minimum atomic E-state index is 0.0101. The first-order chi connectivity index (χ1) is 11.8. The molecule has 3 rings (SSSR count). The number of amides is 1. The molecule has 1 aliphatic heterocycles. The molecule has 0 saturated carbocycles. The van der Waals surface area contributed by atoms with Gasteiger partial charge >= 0.3 is 6.01 Å². The maximum Gasteiger partial charge on any atom is 0.316 e. The van der Waals surface area contributed by atoms with Crippen LogP contribution < -0.4 is 9.47 Å². The molecule has 1 amide bonds. The van der Waals surface area contributed by atoms with E-state index >= 15 is 0 Å². The van der Waals surface area contributed by atoms with Crippen molar-refractivity contribution in [3.8, 4) is 11.9 Å². The number of pyridine rings is 1. The standard InChI is InChI=1S/C17H20N4O3/c1-23-15-4-3-14(11-20-15)16(22)21-9-5-13(6-10-21)12-24-17-18-7-2-8-19-17/h2-4,7-8,11,13H,5-6,9-10,12H2,1H3. The highest BCUT2D eigenvalue weighted by Crippen LogP contribution is 2.20. The Morgan fingerprint density at radius 1 is 1.21 bits per heavy atom. The lowest BCUT2D eigenvalue weighted by Gasteiger charge is -2.31. The summed E-state index contributed by atoms with van der Waals surface area (Å²) in [6.07, 6.45) is 6.69. The van der Waals surface area contributed by atoms with Crippen LogP contribution in [-0.4, -0.2) is 52.6 Å². The van der Waals surface area contributed by atoms with Crippen molar-refractivity contribution in [3.63, 3.8) is 0 Å². The van der Waals surface area contributed by atoms with Crippen LogP contribution in [0.2, 0.25) is 0 Å². The van der Waals surface area contributed by atoms with Crippen LogP contribution in [0.15, 0.2) is 36.8 Å². The molecular formula is C17H20N4O3. The SMILES string of the molecule is COc1ccc(C(=O)N2CCC(COc3ncccn3)CC2)cn1. The third-order valence-corrected chi connectivity index (χ3v) is 4.08. The molecule has 7 heteroatoms. The highest BCUT2D eigenvalue weighted by molar-refractivity contribution is 5.94. The van der Waals surface area contributed by atoms with Crippen LogP contribution in [0.3, 0.4) is 0 Å². The Bertz CT molecular complexity index is 655. The Labute approximate surface area is 140 Å². The second-order valence-electron chi connectivity index (χ2n) is 5.67. The van der Waals surface area contributed by atoms with Gasteiger partial charge in [-0.3, -0.25) is 4.79 Å². The average molecular weight is 328 g/mol. The number of carbonyl (C=O) groups excluding carboxylic acids is 1. The zero-order valence-electron chi connectivity index (χ0n) is 13.6. The molecule has 0 bridgehead atoms. The van der Waals surface area contributed by atoms with Gasteiger partial charge in [0, 0.05) is 37.7 Å². The molecule has 24 heavy (non-hydrogen) atoms. The highest BCUT2D eigenvalue weighted by Gasteiger charge is 2.24. The molecule has 2 aromatic rings. The van der Waals surface area contributed by atoms with Gasteiger partial charge in [0.2, 0.25) is 5.88 Å². The Balaban J connectivity index is 1.48. The number of nitrogens with zero attached hydrogens (tertiary/aromatic N) is 4. The summed E-state index contributed by atoms with van der Waals surface area (Å²) in [7, 11) is 1.55. The number of rotatable bonds is 5. The summed E-state index contributed by atoms with van der Waals surface area (Å²) in [5, 5.41) is 0. The summed E-state index contributed by atoms with van der Waals surface area (Å²) in [4.78, 5) is 26.5. The van der Waals surface area contributed by atoms with Crippen molar-refractivity contribution < 1.29 is 14.3 Å². The van der Waals surface area contributed by atoms with Gasteiger partial charge in [-0.2, -0.15) is 0 Å². The summed E-state index contributed by atoms with van der Waals surface area (Å²) < 4.78 is 10.6. The van der Waals surface area contributed by atoms with E-state index in [-0.39, 0.29) is 5.91 Å². The third kappa shape index (κ3) is 3.98. The second kappa shape index (κ2) is 7.72. The predicted molar refractivity (Wildman–Crippen MR) is 86.9 cm³/mol. The van der Waals surface area contributed by atoms with Crippen molar-refractivity contribution in [1.82, 2.24) is 19.9 Å². The van der Waals surface area contributed by atoms with Crippen molar-refractivity contribution >= 4 is 5.91 Å². The van der Waals surface area contributed by atoms with E-state index in [1.54, 1.807) is 43.9 Å². The van der Waals surface area contributed by atoms with Crippen molar-refractivity contribution in [1.29, 1.82) is 0 Å². The van der Waals surface area contributed by atoms with Gasteiger partial charge in [0.15, 0.2) is 0 Å². The van der Waals surface area contributed by atoms with E-state index in [1.807, 2.05) is 4.90 Å². The van der Waals surface area contributed by atoms with E-state index in [2.05, 4.69) is 15.0 Å². The zero-order chi connectivity index (χ0) is 16.8. The molecule has 0 aliphatic carbocycles. The maximum absolute atomic E-state index is 12.5. The van der Waals surface area contributed by atoms with Crippen LogP contribution in [0.1, 0.15) is 23.2 Å². The molecule has 0 unspecified atom stereocenters. The highest BCUT2D eigenvalue weighted by atomic mass is 16.5. The molecule has 126 valence electrons. The predicted octanol–water partition coefficient (Wildman–Crippen LogP) is 1.81. The van der Waals surface area contributed by atoms with E-state index in [1.165, 1.54) is 0 Å². The van der Waals surface area contributed by atoms with E-state index < -0.39 is 0 Å². The van der Waals surface area contributed by atoms with Gasteiger partial charge in [0.1, 0.15) is 0 Å². The molecule has 1 fully saturated rings. The first kappa shape index (κ1) is 16.2. The number of methoxy groups -OCH3 is 1. The van der Waals surface area contributed by atoms with Crippen LogP contribution in [0.4, 0.5) is 0 Å². The number of ether oxygens (including phenoxy) is 2. The van der Waals surface area contributed by atoms with Crippen LogP contribution in [0.5, 0.6) is 11.9 Å². The largest absolute Gasteiger partial charge is 0.481 e. The number of likely N-dealkylation sites (tertiary alicyclic amines) is 1. The van der Waals surface area contributed by atoms with Crippen LogP contribution >= 0.6 is 0 Å². The summed E-state index contributed by atoms with van der Waals surface area (Å²) >= 11 is 0. The van der Waals surface area contributed by atoms with Gasteiger partial charge in [0.25, 0.3) is 5.91 Å². The van der Waals surface area contributed by atoms with Crippen LogP contribution in [-0.2, 0) is 0 Å². The van der Waals surface area contributed by atoms with Crippen molar-refractivity contribution in [2.45, 2.75) is 12.8 Å². The van der Waals surface area contributed by atoms with Gasteiger partial charge in [-0.05, 0) is 30.9 Å². The summed E-state index contributed by atoms with van der Waals surface area (Å²) in [6.45, 7) is 2.01. The quantitative estimate of drug-likeness (QED) is 0.833. The lowest BCUT2D eigenvalue weighted by Crippen LogP contribution is -2.39. The number of carbonyl (C=O) groups is 1. The Kier molecular flexibility index (Phi) is 5.20. The summed E-state index contributed by atoms with van der Waals surface area (Å²) in [5.74, 6) is 0.924. The fourth-order valence-corrected chi connectivity index (χ4v) is 2.67. The Hall–Kier alpha value is -2.70. The number of hydrogen-bond acceptors (Lipinski definition) is 6. The van der Waals surface area contributed by atoms with Crippen molar-refractivity contribution in [2.75, 3.05) is 26.8 Å². The molecule has 2 aromatic heterocycles. The molecule has 0 atom stereocenters. The molecular weight excluding hydrogens is 308 g/mol. The first-order valence-corrected chi connectivity index (χ1v) is 7.95. The van der Waals surface area contributed by atoms with E-state index in [0.29, 0.717) is 43.1 Å². The van der Waals surface area contributed by atoms with Gasteiger partial charge < -0.3 is 14.4 Å². The summed E-state index contributed by atoms with van der Waals surface area (Å²) in [5.41, 5.74) is 0.586. The molecule has 7 nitrogen and oxygen atoms in total. The normalized spacial score (nSPS) is 15.1. The van der Waals surface area contributed by atoms with E-state index in [9.17, 15) is 4.79 Å². The average Bonchev–Trinajstić information content (AvgIpc) is 2.67. The second-order valence-corrected chi connectivity index (χ2v) is 5.67. The van der Waals surface area contributed by atoms with Gasteiger partial charge in [-0.25, -0.2) is 15.0 Å². The minimum absolute atomic E-state index is 0.0101. The zero-order valence-corrected chi connectivity index (χ0v) is 13.6. The molecule has 0 spiro atoms. The number of aromatic nitrogens is 3. The lowest BCUT2D eigenvalue weighted by atomic mass is 9.97. The lowest BCUT2D eigenvalue weighted by molar-refractivity contribution is 0.0657. The Morgan fingerprint density at radius 3 is 2.58 bits per heavy atom. The number of hydrogen-bond donors (Lipinski definition) is 0. The Morgan fingerprint density at radius 2 is 1.96 bits per heavy atom. The molecule has 0 radical (unpaired) electrons. The fraction of sp³-hybridized carbons (Fsp3) is 0.412. The maximum atomic E-state index is 12.5. The minimum Gasteiger partial charge on any atom is -0.481 e. The molecule has 1 aliphatic rings. The van der Waals surface area contributed by atoms with Gasteiger partial charge in [-0.1, -0.05) is 0 Å². The number of piperidine rings is 1. The summed E-state index contributed by atoms with van der Waals surface area (Å²) in [6, 6.07) is 5.61. The van der Waals surface area contributed by atoms with Crippen LogP contribution in [0.25, 0.3) is 0 Å². The van der Waals surface area contributed by atoms with Crippen LogP contribution in [0, 0.1) is 5.92 Å². The van der Waals surface area contributed by atoms with E-state index in [0.717, 1.165) is 12.8 Å². The molecule has 0 N–H and O–H groups in total. The molecule has 3 heterocycles. The topological polar surface area (TPSA) is 77.4 Å². The van der Waals surface area contributed by atoms with Gasteiger partial charge in [0.05, 0.1) is 19.3 Å². The molecule has 1 saturated heterocycles. The monoisotopic (exact) mass is 328 g/mol. The van der Waals surface area contributed by atoms with Gasteiger partial charge in [-0.15, -0.1) is 0 Å². The third-order valence-electron chi connectivity index (χ3n) is 4.08. The molecule has 0 aromatic carbocycles.